The number of thiocarbonyl (C=S) groups is 1. The van der Waals surface area contributed by atoms with Crippen LogP contribution in [0, 0.1) is 0 Å². The van der Waals surface area contributed by atoms with Crippen molar-refractivity contribution in [3.05, 3.63) is 117 Å². The Morgan fingerprint density at radius 1 is 0.944 bits per heavy atom. The summed E-state index contributed by atoms with van der Waals surface area (Å²) >= 11 is 6.75. The quantitative estimate of drug-likeness (QED) is 0.263. The molecule has 36 heavy (non-hydrogen) atoms. The molecule has 0 radical (unpaired) electrons. The van der Waals surface area contributed by atoms with Crippen molar-refractivity contribution in [1.82, 2.24) is 14.3 Å². The summed E-state index contributed by atoms with van der Waals surface area (Å²) in [5.74, 6) is 0.333. The number of aromatic nitrogens is 2. The molecule has 5 rings (SSSR count). The number of carbonyl (C=O) groups is 1. The van der Waals surface area contributed by atoms with Gasteiger partial charge in [-0.3, -0.25) is 18.9 Å². The van der Waals surface area contributed by atoms with Crippen LogP contribution in [0.2, 0.25) is 0 Å². The number of amides is 1. The largest absolute Gasteiger partial charge is 0.355 e. The summed E-state index contributed by atoms with van der Waals surface area (Å²) in [5.41, 5.74) is 2.90. The Labute approximate surface area is 218 Å². The normalized spacial score (nSPS) is 14.7. The van der Waals surface area contributed by atoms with Crippen LogP contribution in [0.25, 0.3) is 11.7 Å². The average molecular weight is 513 g/mol. The van der Waals surface area contributed by atoms with E-state index in [4.69, 9.17) is 17.2 Å². The number of anilines is 1. The molecule has 180 valence electrons. The van der Waals surface area contributed by atoms with Crippen LogP contribution in [0.4, 0.5) is 5.82 Å². The summed E-state index contributed by atoms with van der Waals surface area (Å²) in [6.07, 6.45) is 4.04. The second-order valence-corrected chi connectivity index (χ2v) is 10.2. The Balaban J connectivity index is 1.50. The first-order valence-electron chi connectivity index (χ1n) is 11.6. The highest BCUT2D eigenvalue weighted by Gasteiger charge is 2.32. The molecule has 2 aromatic carbocycles. The Morgan fingerprint density at radius 3 is 2.33 bits per heavy atom. The van der Waals surface area contributed by atoms with Gasteiger partial charge in [-0.2, -0.15) is 0 Å². The van der Waals surface area contributed by atoms with E-state index in [0.717, 1.165) is 11.1 Å². The Kier molecular flexibility index (Phi) is 6.97. The van der Waals surface area contributed by atoms with Crippen LogP contribution < -0.4 is 10.5 Å². The first kappa shape index (κ1) is 24.0. The fourth-order valence-corrected chi connectivity index (χ4v) is 5.44. The molecule has 0 unspecified atom stereocenters. The summed E-state index contributed by atoms with van der Waals surface area (Å²) in [6.45, 7) is 1.05. The molecule has 2 aromatic heterocycles. The fraction of sp³-hybridized carbons (Fsp3) is 0.143. The molecule has 0 N–H and O–H groups in total. The Bertz CT molecular complexity index is 1520. The van der Waals surface area contributed by atoms with Gasteiger partial charge in [0.25, 0.3) is 11.5 Å². The van der Waals surface area contributed by atoms with Gasteiger partial charge in [0.1, 0.15) is 15.8 Å². The molecule has 1 saturated heterocycles. The molecule has 1 fully saturated rings. The number of rotatable bonds is 7. The number of pyridine rings is 1. The molecule has 0 saturated carbocycles. The molecule has 0 spiro atoms. The zero-order valence-electron chi connectivity index (χ0n) is 19.7. The van der Waals surface area contributed by atoms with E-state index in [1.807, 2.05) is 78.7 Å². The molecular weight excluding hydrogens is 488 g/mol. The van der Waals surface area contributed by atoms with E-state index < -0.39 is 0 Å². The summed E-state index contributed by atoms with van der Waals surface area (Å²) in [6, 6.07) is 25.4. The lowest BCUT2D eigenvalue weighted by molar-refractivity contribution is -0.122. The summed E-state index contributed by atoms with van der Waals surface area (Å²) in [5, 5.41) is 0. The third-order valence-electron chi connectivity index (χ3n) is 5.99. The van der Waals surface area contributed by atoms with E-state index in [2.05, 4.69) is 0 Å². The lowest BCUT2D eigenvalue weighted by Gasteiger charge is -2.21. The standard InChI is InChI=1S/C28H24N4O2S2/c1-30(19-21-12-6-3-7-13-21)25-22(26(33)31-16-9-8-14-24(31)29-25)18-23-27(34)32(28(35)36-23)17-15-20-10-4-2-5-11-20/h2-14,16,18H,15,17,19H2,1H3. The van der Waals surface area contributed by atoms with Crippen molar-refractivity contribution >= 4 is 51.7 Å². The highest BCUT2D eigenvalue weighted by molar-refractivity contribution is 8.26. The van der Waals surface area contributed by atoms with E-state index in [0.29, 0.717) is 45.8 Å². The number of benzene rings is 2. The monoisotopic (exact) mass is 512 g/mol. The van der Waals surface area contributed by atoms with Crippen LogP contribution in [0.15, 0.2) is 94.8 Å². The first-order valence-corrected chi connectivity index (χ1v) is 12.8. The Hall–Kier alpha value is -3.75. The van der Waals surface area contributed by atoms with E-state index in [-0.39, 0.29) is 11.5 Å². The maximum Gasteiger partial charge on any atom is 0.267 e. The highest BCUT2D eigenvalue weighted by atomic mass is 32.2. The maximum atomic E-state index is 13.6. The fourth-order valence-electron chi connectivity index (χ4n) is 4.15. The topological polar surface area (TPSA) is 57.9 Å². The Morgan fingerprint density at radius 2 is 1.61 bits per heavy atom. The van der Waals surface area contributed by atoms with Crippen molar-refractivity contribution < 1.29 is 4.79 Å². The van der Waals surface area contributed by atoms with E-state index >= 15 is 0 Å². The zero-order valence-corrected chi connectivity index (χ0v) is 21.3. The van der Waals surface area contributed by atoms with Crippen molar-refractivity contribution in [3.8, 4) is 0 Å². The second kappa shape index (κ2) is 10.5. The SMILES string of the molecule is CN(Cc1ccccc1)c1nc2ccccn2c(=O)c1C=C1SC(=S)N(CCc2ccccc2)C1=O. The minimum Gasteiger partial charge on any atom is -0.355 e. The predicted octanol–water partition coefficient (Wildman–Crippen LogP) is 4.77. The highest BCUT2D eigenvalue weighted by Crippen LogP contribution is 2.33. The lowest BCUT2D eigenvalue weighted by atomic mass is 10.1. The minimum absolute atomic E-state index is 0.185. The molecule has 1 aliphatic rings. The van der Waals surface area contributed by atoms with Gasteiger partial charge in [-0.15, -0.1) is 0 Å². The number of hydrogen-bond donors (Lipinski definition) is 0. The molecule has 3 heterocycles. The van der Waals surface area contributed by atoms with Crippen molar-refractivity contribution in [2.45, 2.75) is 13.0 Å². The summed E-state index contributed by atoms with van der Waals surface area (Å²) < 4.78 is 2.00. The van der Waals surface area contributed by atoms with Gasteiger partial charge in [0.15, 0.2) is 0 Å². The van der Waals surface area contributed by atoms with Gasteiger partial charge in [0, 0.05) is 26.3 Å². The lowest BCUT2D eigenvalue weighted by Crippen LogP contribution is -2.30. The third-order valence-corrected chi connectivity index (χ3v) is 7.37. The molecule has 1 aliphatic heterocycles. The molecule has 4 aromatic rings. The van der Waals surface area contributed by atoms with Crippen LogP contribution in [-0.2, 0) is 17.8 Å². The molecule has 0 bridgehead atoms. The second-order valence-electron chi connectivity index (χ2n) is 8.49. The van der Waals surface area contributed by atoms with Gasteiger partial charge >= 0.3 is 0 Å². The molecule has 0 atom stereocenters. The summed E-state index contributed by atoms with van der Waals surface area (Å²) in [7, 11) is 1.90. The van der Waals surface area contributed by atoms with Crippen LogP contribution >= 0.6 is 24.0 Å². The molecule has 6 nitrogen and oxygen atoms in total. The van der Waals surface area contributed by atoms with Crippen molar-refractivity contribution in [2.75, 3.05) is 18.5 Å². The van der Waals surface area contributed by atoms with Crippen molar-refractivity contribution in [2.24, 2.45) is 0 Å². The van der Waals surface area contributed by atoms with Gasteiger partial charge < -0.3 is 4.90 Å². The predicted molar refractivity (Wildman–Crippen MR) is 150 cm³/mol. The maximum absolute atomic E-state index is 13.6. The average Bonchev–Trinajstić information content (AvgIpc) is 3.17. The van der Waals surface area contributed by atoms with Crippen LogP contribution in [-0.4, -0.2) is 38.1 Å². The molecule has 8 heteroatoms. The van der Waals surface area contributed by atoms with E-state index in [1.165, 1.54) is 16.2 Å². The third kappa shape index (κ3) is 4.96. The molecule has 0 aliphatic carbocycles. The van der Waals surface area contributed by atoms with Crippen LogP contribution in [0.5, 0.6) is 0 Å². The molecule has 1 amide bonds. The van der Waals surface area contributed by atoms with Gasteiger partial charge in [-0.05, 0) is 35.8 Å². The number of nitrogens with zero attached hydrogens (tertiary/aromatic N) is 4. The molecular formula is C28H24N4O2S2. The van der Waals surface area contributed by atoms with Gasteiger partial charge in [-0.25, -0.2) is 4.98 Å². The number of carbonyl (C=O) groups excluding carboxylic acids is 1. The van der Waals surface area contributed by atoms with E-state index in [9.17, 15) is 9.59 Å². The van der Waals surface area contributed by atoms with E-state index in [1.54, 1.807) is 29.3 Å². The number of fused-ring (bicyclic) bond motifs is 1. The first-order chi connectivity index (χ1) is 17.5. The number of thioether (sulfide) groups is 1. The summed E-state index contributed by atoms with van der Waals surface area (Å²) in [4.78, 5) is 35.6. The van der Waals surface area contributed by atoms with Gasteiger partial charge in [0.2, 0.25) is 0 Å². The minimum atomic E-state index is -0.231. The van der Waals surface area contributed by atoms with Crippen molar-refractivity contribution in [1.29, 1.82) is 0 Å². The van der Waals surface area contributed by atoms with Crippen LogP contribution in [0.3, 0.4) is 0 Å². The zero-order chi connectivity index (χ0) is 25.1. The van der Waals surface area contributed by atoms with Crippen molar-refractivity contribution in [3.63, 3.8) is 0 Å². The van der Waals surface area contributed by atoms with Gasteiger partial charge in [-0.1, -0.05) is 90.7 Å². The number of hydrogen-bond acceptors (Lipinski definition) is 6. The van der Waals surface area contributed by atoms with Crippen LogP contribution in [0.1, 0.15) is 16.7 Å². The smallest absolute Gasteiger partial charge is 0.267 e. The van der Waals surface area contributed by atoms with Gasteiger partial charge in [0.05, 0.1) is 10.5 Å².